The first-order valence-electron chi connectivity index (χ1n) is 12.0. The van der Waals surface area contributed by atoms with Crippen LogP contribution < -0.4 is 5.56 Å². The van der Waals surface area contributed by atoms with E-state index in [4.69, 9.17) is 4.98 Å². The van der Waals surface area contributed by atoms with Crippen LogP contribution in [0.15, 0.2) is 102 Å². The van der Waals surface area contributed by atoms with Crippen molar-refractivity contribution in [2.45, 2.75) is 26.3 Å². The maximum atomic E-state index is 13.8. The summed E-state index contributed by atoms with van der Waals surface area (Å²) in [6.45, 7) is 4.54. The van der Waals surface area contributed by atoms with Gasteiger partial charge in [0.25, 0.3) is 11.5 Å². The molecule has 0 spiro atoms. The van der Waals surface area contributed by atoms with E-state index in [0.717, 1.165) is 22.9 Å². The topological polar surface area (TPSA) is 55.2 Å². The van der Waals surface area contributed by atoms with Crippen LogP contribution in [-0.4, -0.2) is 26.9 Å². The van der Waals surface area contributed by atoms with Crippen molar-refractivity contribution in [3.05, 3.63) is 119 Å². The van der Waals surface area contributed by atoms with Gasteiger partial charge in [0.05, 0.1) is 22.6 Å². The number of rotatable bonds is 6. The summed E-state index contributed by atoms with van der Waals surface area (Å²) in [5.74, 6) is 0.467. The fourth-order valence-corrected chi connectivity index (χ4v) is 4.59. The molecule has 5 aromatic rings. The molecule has 0 radical (unpaired) electrons. The highest BCUT2D eigenvalue weighted by Gasteiger charge is 2.27. The average Bonchev–Trinajstić information content (AvgIpc) is 2.91. The monoisotopic (exact) mass is 461 g/mol. The highest BCUT2D eigenvalue weighted by molar-refractivity contribution is 5.94. The van der Waals surface area contributed by atoms with Gasteiger partial charge >= 0.3 is 0 Å². The lowest BCUT2D eigenvalue weighted by Crippen LogP contribution is -2.38. The number of amides is 1. The quantitative estimate of drug-likeness (QED) is 0.305. The summed E-state index contributed by atoms with van der Waals surface area (Å²) in [7, 11) is 0. The van der Waals surface area contributed by atoms with Gasteiger partial charge in [-0.3, -0.25) is 14.2 Å². The maximum absolute atomic E-state index is 13.8. The van der Waals surface area contributed by atoms with Crippen LogP contribution >= 0.6 is 0 Å². The molecule has 0 N–H and O–H groups in total. The van der Waals surface area contributed by atoms with Crippen molar-refractivity contribution in [1.82, 2.24) is 14.5 Å². The molecule has 0 aliphatic rings. The van der Waals surface area contributed by atoms with Gasteiger partial charge in [-0.25, -0.2) is 4.98 Å². The van der Waals surface area contributed by atoms with Crippen molar-refractivity contribution in [3.8, 4) is 5.69 Å². The van der Waals surface area contributed by atoms with E-state index in [0.29, 0.717) is 28.8 Å². The minimum atomic E-state index is -0.425. The molecule has 0 saturated heterocycles. The molecule has 1 amide bonds. The third-order valence-electron chi connectivity index (χ3n) is 6.38. The molecule has 35 heavy (non-hydrogen) atoms. The Bertz CT molecular complexity index is 1570. The van der Waals surface area contributed by atoms with E-state index in [-0.39, 0.29) is 11.5 Å². The first kappa shape index (κ1) is 22.5. The number of nitrogens with zero attached hydrogens (tertiary/aromatic N) is 3. The summed E-state index contributed by atoms with van der Waals surface area (Å²) in [6.07, 6.45) is 0.788. The minimum absolute atomic E-state index is 0.0765. The Balaban J connectivity index is 1.72. The number of aromatic nitrogens is 2. The predicted octanol–water partition coefficient (Wildman–Crippen LogP) is 6.15. The standard InChI is InChI=1S/C30H27N3O2/c1-3-19-32(29(34)23-12-5-4-6-13-23)21(2)28-31-27-16-10-9-15-26(27)30(35)33(28)25-18-17-22-11-7-8-14-24(22)20-25/h4-18,20-21H,3,19H2,1-2H3. The van der Waals surface area contributed by atoms with Gasteiger partial charge in [-0.05, 0) is 60.5 Å². The van der Waals surface area contributed by atoms with Crippen molar-refractivity contribution >= 4 is 27.6 Å². The van der Waals surface area contributed by atoms with Crippen molar-refractivity contribution in [2.75, 3.05) is 6.54 Å². The molecule has 0 aliphatic heterocycles. The average molecular weight is 462 g/mol. The van der Waals surface area contributed by atoms with Gasteiger partial charge in [0, 0.05) is 12.1 Å². The summed E-state index contributed by atoms with van der Waals surface area (Å²) in [4.78, 5) is 34.1. The summed E-state index contributed by atoms with van der Waals surface area (Å²) in [6, 6.07) is 30.2. The summed E-state index contributed by atoms with van der Waals surface area (Å²) in [5, 5.41) is 2.68. The van der Waals surface area contributed by atoms with Crippen LogP contribution in [0.2, 0.25) is 0 Å². The van der Waals surface area contributed by atoms with Gasteiger partial charge in [-0.15, -0.1) is 0 Å². The number of para-hydroxylation sites is 1. The second kappa shape index (κ2) is 9.55. The second-order valence-electron chi connectivity index (χ2n) is 8.70. The van der Waals surface area contributed by atoms with E-state index in [1.807, 2.05) is 110 Å². The number of carbonyl (C=O) groups is 1. The Morgan fingerprint density at radius 3 is 2.34 bits per heavy atom. The molecule has 1 aromatic heterocycles. The lowest BCUT2D eigenvalue weighted by atomic mass is 10.1. The van der Waals surface area contributed by atoms with Gasteiger partial charge in [-0.2, -0.15) is 0 Å². The molecular formula is C30H27N3O2. The Morgan fingerprint density at radius 1 is 0.886 bits per heavy atom. The largest absolute Gasteiger partial charge is 0.329 e. The fraction of sp³-hybridized carbons (Fsp3) is 0.167. The smallest absolute Gasteiger partial charge is 0.266 e. The zero-order chi connectivity index (χ0) is 24.4. The molecule has 174 valence electrons. The summed E-state index contributed by atoms with van der Waals surface area (Å²) >= 11 is 0. The van der Waals surface area contributed by atoms with E-state index >= 15 is 0 Å². The van der Waals surface area contributed by atoms with Crippen molar-refractivity contribution in [3.63, 3.8) is 0 Å². The van der Waals surface area contributed by atoms with Gasteiger partial charge in [0.15, 0.2) is 0 Å². The predicted molar refractivity (Wildman–Crippen MR) is 141 cm³/mol. The number of hydrogen-bond donors (Lipinski definition) is 0. The first-order valence-corrected chi connectivity index (χ1v) is 12.0. The molecule has 5 heteroatoms. The van der Waals surface area contributed by atoms with E-state index in [1.165, 1.54) is 0 Å². The van der Waals surface area contributed by atoms with E-state index < -0.39 is 6.04 Å². The molecule has 1 unspecified atom stereocenters. The normalized spacial score (nSPS) is 12.1. The number of fused-ring (bicyclic) bond motifs is 2. The number of benzene rings is 4. The van der Waals surface area contributed by atoms with E-state index in [1.54, 1.807) is 10.6 Å². The van der Waals surface area contributed by atoms with Crippen LogP contribution in [0.3, 0.4) is 0 Å². The summed E-state index contributed by atoms with van der Waals surface area (Å²) in [5.41, 5.74) is 1.84. The second-order valence-corrected chi connectivity index (χ2v) is 8.70. The molecule has 5 rings (SSSR count). The minimum Gasteiger partial charge on any atom is -0.329 e. The lowest BCUT2D eigenvalue weighted by Gasteiger charge is -2.30. The third kappa shape index (κ3) is 4.21. The van der Waals surface area contributed by atoms with Gasteiger partial charge in [0.2, 0.25) is 0 Å². The van der Waals surface area contributed by atoms with Crippen molar-refractivity contribution in [1.29, 1.82) is 0 Å². The third-order valence-corrected chi connectivity index (χ3v) is 6.38. The van der Waals surface area contributed by atoms with Crippen molar-refractivity contribution < 1.29 is 4.79 Å². The number of hydrogen-bond acceptors (Lipinski definition) is 3. The van der Waals surface area contributed by atoms with Crippen LogP contribution in [0.25, 0.3) is 27.4 Å². The Hall–Kier alpha value is -4.25. The van der Waals surface area contributed by atoms with Crippen LogP contribution in [0.5, 0.6) is 0 Å². The fourth-order valence-electron chi connectivity index (χ4n) is 4.59. The number of carbonyl (C=O) groups excluding carboxylic acids is 1. The Kier molecular flexibility index (Phi) is 6.15. The van der Waals surface area contributed by atoms with E-state index in [2.05, 4.69) is 0 Å². The summed E-state index contributed by atoms with van der Waals surface area (Å²) < 4.78 is 1.67. The van der Waals surface area contributed by atoms with Crippen LogP contribution in [0, 0.1) is 0 Å². The zero-order valence-electron chi connectivity index (χ0n) is 19.9. The van der Waals surface area contributed by atoms with Gasteiger partial charge in [-0.1, -0.05) is 67.6 Å². The zero-order valence-corrected chi connectivity index (χ0v) is 19.9. The highest BCUT2D eigenvalue weighted by Crippen LogP contribution is 2.26. The van der Waals surface area contributed by atoms with Crippen LogP contribution in [-0.2, 0) is 0 Å². The van der Waals surface area contributed by atoms with Gasteiger partial charge in [0.1, 0.15) is 5.82 Å². The first-order chi connectivity index (χ1) is 17.1. The maximum Gasteiger partial charge on any atom is 0.266 e. The Morgan fingerprint density at radius 2 is 1.57 bits per heavy atom. The molecule has 1 heterocycles. The molecule has 0 fully saturated rings. The molecule has 4 aromatic carbocycles. The highest BCUT2D eigenvalue weighted by atomic mass is 16.2. The molecule has 0 saturated carbocycles. The van der Waals surface area contributed by atoms with E-state index in [9.17, 15) is 9.59 Å². The molecule has 0 aliphatic carbocycles. The molecule has 0 bridgehead atoms. The van der Waals surface area contributed by atoms with Gasteiger partial charge < -0.3 is 4.90 Å². The molecule has 5 nitrogen and oxygen atoms in total. The Labute approximate surface area is 204 Å². The molecular weight excluding hydrogens is 434 g/mol. The van der Waals surface area contributed by atoms with Crippen molar-refractivity contribution in [2.24, 2.45) is 0 Å². The lowest BCUT2D eigenvalue weighted by molar-refractivity contribution is 0.0681. The van der Waals surface area contributed by atoms with Crippen LogP contribution in [0.4, 0.5) is 0 Å². The SMILES string of the molecule is CCCN(C(=O)c1ccccc1)C(C)c1nc2ccccc2c(=O)n1-c1ccc2ccccc2c1. The van der Waals surface area contributed by atoms with Crippen LogP contribution in [0.1, 0.15) is 42.5 Å². The molecule has 1 atom stereocenters.